The maximum absolute atomic E-state index is 12.7. The number of nitrogens with zero attached hydrogens (tertiary/aromatic N) is 1. The van der Waals surface area contributed by atoms with Crippen molar-refractivity contribution < 1.29 is 9.59 Å². The minimum Gasteiger partial charge on any atom is -0.359 e. The van der Waals surface area contributed by atoms with E-state index in [9.17, 15) is 9.59 Å². The van der Waals surface area contributed by atoms with Gasteiger partial charge in [-0.2, -0.15) is 0 Å². The van der Waals surface area contributed by atoms with Gasteiger partial charge in [-0.1, -0.05) is 30.5 Å². The van der Waals surface area contributed by atoms with Gasteiger partial charge in [0.2, 0.25) is 5.91 Å². The quantitative estimate of drug-likeness (QED) is 0.859. The van der Waals surface area contributed by atoms with Gasteiger partial charge in [0.1, 0.15) is 0 Å². The van der Waals surface area contributed by atoms with E-state index in [4.69, 9.17) is 11.6 Å². The predicted molar refractivity (Wildman–Crippen MR) is 95.2 cm³/mol. The number of anilines is 1. The second-order valence-corrected chi connectivity index (χ2v) is 7.37. The van der Waals surface area contributed by atoms with E-state index in [1.807, 2.05) is 19.1 Å². The van der Waals surface area contributed by atoms with Crippen LogP contribution in [0.1, 0.15) is 31.2 Å². The van der Waals surface area contributed by atoms with E-state index >= 15 is 0 Å². The molecule has 130 valence electrons. The van der Waals surface area contributed by atoms with Crippen molar-refractivity contribution in [2.75, 3.05) is 25.5 Å². The summed E-state index contributed by atoms with van der Waals surface area (Å²) >= 11 is 6.12. The van der Waals surface area contributed by atoms with E-state index in [0.29, 0.717) is 18.1 Å². The Morgan fingerprint density at radius 1 is 1.29 bits per heavy atom. The van der Waals surface area contributed by atoms with Gasteiger partial charge in [0.25, 0.3) is 0 Å². The summed E-state index contributed by atoms with van der Waals surface area (Å²) in [6, 6.07) is 5.31. The molecule has 1 saturated heterocycles. The number of rotatable bonds is 2. The molecule has 5 nitrogen and oxygen atoms in total. The van der Waals surface area contributed by atoms with Gasteiger partial charge in [-0.25, -0.2) is 4.79 Å². The Balaban J connectivity index is 1.76. The zero-order chi connectivity index (χ0) is 17.3. The van der Waals surface area contributed by atoms with Gasteiger partial charge in [0.05, 0.1) is 5.92 Å². The molecule has 24 heavy (non-hydrogen) atoms. The number of hydrogen-bond acceptors (Lipinski definition) is 2. The molecule has 1 aromatic carbocycles. The van der Waals surface area contributed by atoms with Crippen molar-refractivity contribution in [2.45, 2.75) is 32.6 Å². The van der Waals surface area contributed by atoms with Crippen LogP contribution in [0.15, 0.2) is 18.2 Å². The van der Waals surface area contributed by atoms with Gasteiger partial charge in [0, 0.05) is 36.3 Å². The molecule has 0 radical (unpaired) electrons. The number of nitrogens with one attached hydrogen (secondary N) is 2. The zero-order valence-electron chi connectivity index (χ0n) is 14.2. The smallest absolute Gasteiger partial charge is 0.321 e. The number of carbonyl (C=O) groups is 2. The molecule has 1 atom stereocenters. The molecule has 1 aliphatic heterocycles. The third-order valence-electron chi connectivity index (χ3n) is 5.61. The molecule has 2 fully saturated rings. The van der Waals surface area contributed by atoms with Crippen LogP contribution >= 0.6 is 11.6 Å². The number of carbonyl (C=O) groups excluding carboxylic acids is 2. The Kier molecular flexibility index (Phi) is 4.72. The molecule has 1 aromatic rings. The van der Waals surface area contributed by atoms with Gasteiger partial charge in [0.15, 0.2) is 0 Å². The average Bonchev–Trinajstić information content (AvgIpc) is 3.19. The molecule has 1 aliphatic carbocycles. The largest absolute Gasteiger partial charge is 0.359 e. The fourth-order valence-electron chi connectivity index (χ4n) is 4.18. The molecule has 3 rings (SSSR count). The molecule has 1 spiro atoms. The molecule has 1 saturated carbocycles. The molecule has 2 N–H and O–H groups in total. The summed E-state index contributed by atoms with van der Waals surface area (Å²) in [4.78, 5) is 26.8. The molecule has 0 bridgehead atoms. The van der Waals surface area contributed by atoms with Crippen LogP contribution in [0, 0.1) is 18.3 Å². The summed E-state index contributed by atoms with van der Waals surface area (Å²) in [5, 5.41) is 6.35. The van der Waals surface area contributed by atoms with E-state index in [1.165, 1.54) is 0 Å². The summed E-state index contributed by atoms with van der Waals surface area (Å²) < 4.78 is 0. The van der Waals surface area contributed by atoms with Crippen molar-refractivity contribution in [3.05, 3.63) is 28.8 Å². The lowest BCUT2D eigenvalue weighted by Gasteiger charge is -2.28. The fraction of sp³-hybridized carbons (Fsp3) is 0.556. The Labute approximate surface area is 147 Å². The average molecular weight is 350 g/mol. The Morgan fingerprint density at radius 2 is 2.00 bits per heavy atom. The first-order valence-electron chi connectivity index (χ1n) is 8.49. The van der Waals surface area contributed by atoms with Crippen molar-refractivity contribution in [1.29, 1.82) is 0 Å². The van der Waals surface area contributed by atoms with Crippen molar-refractivity contribution >= 4 is 29.2 Å². The highest BCUT2D eigenvalue weighted by atomic mass is 35.5. The standard InChI is InChI=1S/C18H24ClN3O2/c1-12-14(19)6-5-7-15(12)21-17(24)22-10-13(16(23)20-2)18(11-22)8-3-4-9-18/h5-7,13H,3-4,8-11H2,1-2H3,(H,20,23)(H,21,24). The highest BCUT2D eigenvalue weighted by molar-refractivity contribution is 6.31. The second kappa shape index (κ2) is 6.63. The highest BCUT2D eigenvalue weighted by Gasteiger charge is 2.52. The van der Waals surface area contributed by atoms with Crippen molar-refractivity contribution in [3.8, 4) is 0 Å². The molecule has 3 amide bonds. The lowest BCUT2D eigenvalue weighted by molar-refractivity contribution is -0.127. The van der Waals surface area contributed by atoms with E-state index in [-0.39, 0.29) is 23.3 Å². The number of halogens is 1. The summed E-state index contributed by atoms with van der Waals surface area (Å²) in [5.41, 5.74) is 1.52. The Hall–Kier alpha value is -1.75. The summed E-state index contributed by atoms with van der Waals surface area (Å²) in [6.45, 7) is 3.01. The van der Waals surface area contributed by atoms with E-state index in [0.717, 1.165) is 36.9 Å². The number of likely N-dealkylation sites (tertiary alicyclic amines) is 1. The van der Waals surface area contributed by atoms with Crippen molar-refractivity contribution in [3.63, 3.8) is 0 Å². The highest BCUT2D eigenvalue weighted by Crippen LogP contribution is 2.49. The lowest BCUT2D eigenvalue weighted by Crippen LogP contribution is -2.38. The maximum Gasteiger partial charge on any atom is 0.321 e. The predicted octanol–water partition coefficient (Wildman–Crippen LogP) is 3.42. The first-order valence-corrected chi connectivity index (χ1v) is 8.87. The molecular weight excluding hydrogens is 326 g/mol. The molecular formula is C18H24ClN3O2. The van der Waals surface area contributed by atoms with Crippen LogP contribution in [-0.2, 0) is 4.79 Å². The van der Waals surface area contributed by atoms with Crippen molar-refractivity contribution in [1.82, 2.24) is 10.2 Å². The van der Waals surface area contributed by atoms with E-state index in [1.54, 1.807) is 18.0 Å². The molecule has 0 aromatic heterocycles. The SMILES string of the molecule is CNC(=O)C1CN(C(=O)Nc2cccc(Cl)c2C)CC12CCCC2. The summed E-state index contributed by atoms with van der Waals surface area (Å²) in [7, 11) is 1.67. The molecule has 1 unspecified atom stereocenters. The monoisotopic (exact) mass is 349 g/mol. The van der Waals surface area contributed by atoms with Gasteiger partial charge in [-0.15, -0.1) is 0 Å². The Bertz CT molecular complexity index is 656. The number of urea groups is 1. The molecule has 6 heteroatoms. The maximum atomic E-state index is 12.7. The van der Waals surface area contributed by atoms with Crippen molar-refractivity contribution in [2.24, 2.45) is 11.3 Å². The van der Waals surface area contributed by atoms with Crippen LogP contribution in [-0.4, -0.2) is 37.0 Å². The van der Waals surface area contributed by atoms with Crippen LogP contribution in [0.2, 0.25) is 5.02 Å². The summed E-state index contributed by atoms with van der Waals surface area (Å²) in [5.74, 6) is -0.0673. The summed E-state index contributed by atoms with van der Waals surface area (Å²) in [6.07, 6.45) is 4.31. The normalized spacial score (nSPS) is 22.0. The first kappa shape index (κ1) is 17.1. The van der Waals surface area contributed by atoms with E-state index < -0.39 is 0 Å². The van der Waals surface area contributed by atoms with Gasteiger partial charge < -0.3 is 15.5 Å². The number of hydrogen-bond donors (Lipinski definition) is 2. The number of benzene rings is 1. The Morgan fingerprint density at radius 3 is 2.67 bits per heavy atom. The molecule has 1 heterocycles. The van der Waals surface area contributed by atoms with E-state index in [2.05, 4.69) is 10.6 Å². The van der Waals surface area contributed by atoms with Crippen LogP contribution in [0.4, 0.5) is 10.5 Å². The third-order valence-corrected chi connectivity index (χ3v) is 6.02. The van der Waals surface area contributed by atoms with Crippen LogP contribution < -0.4 is 10.6 Å². The van der Waals surface area contributed by atoms with Crippen LogP contribution in [0.25, 0.3) is 0 Å². The fourth-order valence-corrected chi connectivity index (χ4v) is 4.36. The zero-order valence-corrected chi connectivity index (χ0v) is 14.9. The van der Waals surface area contributed by atoms with Gasteiger partial charge in [-0.3, -0.25) is 4.79 Å². The molecule has 2 aliphatic rings. The minimum atomic E-state index is -0.155. The minimum absolute atomic E-state index is 0.0473. The third kappa shape index (κ3) is 2.97. The lowest BCUT2D eigenvalue weighted by atomic mass is 9.76. The van der Waals surface area contributed by atoms with Gasteiger partial charge in [-0.05, 0) is 37.5 Å². The number of amides is 3. The van der Waals surface area contributed by atoms with Crippen LogP contribution in [0.5, 0.6) is 0 Å². The first-order chi connectivity index (χ1) is 11.5. The second-order valence-electron chi connectivity index (χ2n) is 6.96. The topological polar surface area (TPSA) is 61.4 Å². The van der Waals surface area contributed by atoms with Crippen LogP contribution in [0.3, 0.4) is 0 Å². The van der Waals surface area contributed by atoms with Gasteiger partial charge >= 0.3 is 6.03 Å².